The molecule has 0 aliphatic rings. The highest BCUT2D eigenvalue weighted by Gasteiger charge is 2.28. The number of esters is 2. The second-order valence-corrected chi connectivity index (χ2v) is 4.92. The van der Waals surface area contributed by atoms with Gasteiger partial charge in [0.15, 0.2) is 0 Å². The Morgan fingerprint density at radius 1 is 1.25 bits per heavy atom. The molecule has 20 heavy (non-hydrogen) atoms. The molecule has 5 nitrogen and oxygen atoms in total. The molecule has 2 atom stereocenters. The molecule has 2 unspecified atom stereocenters. The van der Waals surface area contributed by atoms with Gasteiger partial charge in [0.1, 0.15) is 18.0 Å². The first-order chi connectivity index (χ1) is 9.60. The smallest absolute Gasteiger partial charge is 0.338 e. The second kappa shape index (κ2) is 8.60. The Balaban J connectivity index is 2.51. The van der Waals surface area contributed by atoms with Gasteiger partial charge in [-0.1, -0.05) is 18.2 Å². The summed E-state index contributed by atoms with van der Waals surface area (Å²) in [5.41, 5.74) is 0.400. The molecule has 0 fully saturated rings. The molecular formula is C14H18O5S. The third-order valence-corrected chi connectivity index (χ3v) is 3.53. The van der Waals surface area contributed by atoms with Crippen LogP contribution in [0.1, 0.15) is 17.3 Å². The summed E-state index contributed by atoms with van der Waals surface area (Å²) in [6.07, 6.45) is 0.584. The molecule has 110 valence electrons. The molecule has 6 heteroatoms. The van der Waals surface area contributed by atoms with Crippen LogP contribution in [0.25, 0.3) is 0 Å². The first-order valence-corrected chi connectivity index (χ1v) is 7.48. The highest BCUT2D eigenvalue weighted by molar-refractivity contribution is 7.99. The van der Waals surface area contributed by atoms with Crippen molar-refractivity contribution in [2.45, 2.75) is 18.3 Å². The molecule has 0 saturated carbocycles. The molecule has 0 radical (unpaired) electrons. The Hall–Kier alpha value is -1.53. The number of benzene rings is 1. The van der Waals surface area contributed by atoms with E-state index in [4.69, 9.17) is 9.47 Å². The predicted octanol–water partition coefficient (Wildman–Crippen LogP) is 1.50. The van der Waals surface area contributed by atoms with Crippen molar-refractivity contribution in [2.24, 2.45) is 0 Å². The molecule has 0 saturated heterocycles. The third kappa shape index (κ3) is 4.86. The van der Waals surface area contributed by atoms with Crippen molar-refractivity contribution in [2.75, 3.05) is 19.5 Å². The zero-order valence-corrected chi connectivity index (χ0v) is 12.3. The number of hydrogen-bond donors (Lipinski definition) is 1. The van der Waals surface area contributed by atoms with Crippen molar-refractivity contribution in [3.63, 3.8) is 0 Å². The summed E-state index contributed by atoms with van der Waals surface area (Å²) in [6.45, 7) is 1.68. The lowest BCUT2D eigenvalue weighted by Crippen LogP contribution is -2.36. The Labute approximate surface area is 122 Å². The molecule has 1 N–H and O–H groups in total. The number of aliphatic hydroxyl groups is 1. The summed E-state index contributed by atoms with van der Waals surface area (Å²) in [5.74, 6) is -1.04. The topological polar surface area (TPSA) is 72.8 Å². The van der Waals surface area contributed by atoms with E-state index in [0.717, 1.165) is 11.8 Å². The van der Waals surface area contributed by atoms with Crippen LogP contribution in [-0.2, 0) is 14.3 Å². The van der Waals surface area contributed by atoms with E-state index in [1.807, 2.05) is 0 Å². The van der Waals surface area contributed by atoms with E-state index in [2.05, 4.69) is 0 Å². The monoisotopic (exact) mass is 298 g/mol. The minimum Gasteiger partial charge on any atom is -0.465 e. The minimum atomic E-state index is -1.10. The maximum absolute atomic E-state index is 11.7. The van der Waals surface area contributed by atoms with E-state index < -0.39 is 23.3 Å². The van der Waals surface area contributed by atoms with Crippen LogP contribution in [0.5, 0.6) is 0 Å². The fourth-order valence-corrected chi connectivity index (χ4v) is 2.19. The van der Waals surface area contributed by atoms with Gasteiger partial charge in [-0.15, -0.1) is 11.8 Å². The zero-order valence-electron chi connectivity index (χ0n) is 11.4. The molecule has 1 aromatic carbocycles. The first-order valence-electron chi connectivity index (χ1n) is 6.19. The van der Waals surface area contributed by atoms with E-state index in [1.165, 1.54) is 0 Å². The summed E-state index contributed by atoms with van der Waals surface area (Å²) in [5, 5.41) is 9.14. The molecule has 0 bridgehead atoms. The van der Waals surface area contributed by atoms with Crippen molar-refractivity contribution >= 4 is 23.7 Å². The molecule has 1 aromatic rings. The van der Waals surface area contributed by atoms with Crippen LogP contribution < -0.4 is 0 Å². The van der Waals surface area contributed by atoms with Crippen LogP contribution in [0, 0.1) is 0 Å². The largest absolute Gasteiger partial charge is 0.465 e. The second-order valence-electron chi connectivity index (χ2n) is 3.94. The van der Waals surface area contributed by atoms with E-state index in [1.54, 1.807) is 43.5 Å². The minimum absolute atomic E-state index is 0.242. The van der Waals surface area contributed by atoms with Gasteiger partial charge in [-0.05, 0) is 25.3 Å². The van der Waals surface area contributed by atoms with Gasteiger partial charge >= 0.3 is 11.9 Å². The molecule has 0 spiro atoms. The third-order valence-electron chi connectivity index (χ3n) is 2.52. The van der Waals surface area contributed by atoms with Gasteiger partial charge < -0.3 is 14.6 Å². The van der Waals surface area contributed by atoms with Crippen LogP contribution >= 0.6 is 11.8 Å². The Kier molecular flexibility index (Phi) is 7.11. The first kappa shape index (κ1) is 16.5. The normalized spacial score (nSPS) is 13.3. The van der Waals surface area contributed by atoms with Crippen molar-refractivity contribution in [3.05, 3.63) is 35.9 Å². The zero-order chi connectivity index (χ0) is 15.0. The Morgan fingerprint density at radius 3 is 2.45 bits per heavy atom. The highest BCUT2D eigenvalue weighted by atomic mass is 32.2. The van der Waals surface area contributed by atoms with Gasteiger partial charge in [0.05, 0.1) is 12.2 Å². The van der Waals surface area contributed by atoms with Crippen LogP contribution in [0.2, 0.25) is 0 Å². The Morgan fingerprint density at radius 2 is 1.90 bits per heavy atom. The summed E-state index contributed by atoms with van der Waals surface area (Å²) < 4.78 is 9.84. The van der Waals surface area contributed by atoms with E-state index in [-0.39, 0.29) is 13.2 Å². The number of carbonyl (C=O) groups excluding carboxylic acids is 2. The van der Waals surface area contributed by atoms with Crippen molar-refractivity contribution < 1.29 is 24.2 Å². The average Bonchev–Trinajstić information content (AvgIpc) is 2.46. The van der Waals surface area contributed by atoms with E-state index in [0.29, 0.717) is 5.56 Å². The lowest BCUT2D eigenvalue weighted by Gasteiger charge is -2.19. The number of carbonyl (C=O) groups is 2. The molecule has 0 amide bonds. The molecule has 0 aliphatic carbocycles. The van der Waals surface area contributed by atoms with Gasteiger partial charge in [-0.25, -0.2) is 4.79 Å². The summed E-state index contributed by atoms with van der Waals surface area (Å²) in [6, 6.07) is 8.46. The molecule has 1 rings (SSSR count). The maximum Gasteiger partial charge on any atom is 0.338 e. The standard InChI is InChI=1S/C14H18O5S/c1-3-18-14(17)12(20-2)11(15)9-19-13(16)10-7-5-4-6-8-10/h4-8,11-12,15H,3,9H2,1-2H3. The highest BCUT2D eigenvalue weighted by Crippen LogP contribution is 2.14. The summed E-state index contributed by atoms with van der Waals surface area (Å²) in [7, 11) is 0. The molecule has 0 aromatic heterocycles. The van der Waals surface area contributed by atoms with Gasteiger partial charge in [0.2, 0.25) is 0 Å². The molecule has 0 heterocycles. The number of rotatable bonds is 7. The van der Waals surface area contributed by atoms with E-state index >= 15 is 0 Å². The molecule has 0 aliphatic heterocycles. The Bertz CT molecular complexity index is 434. The number of thioether (sulfide) groups is 1. The maximum atomic E-state index is 11.7. The predicted molar refractivity (Wildman–Crippen MR) is 76.7 cm³/mol. The van der Waals surface area contributed by atoms with E-state index in [9.17, 15) is 14.7 Å². The SMILES string of the molecule is CCOC(=O)C(SC)C(O)COC(=O)c1ccccc1. The van der Waals surface area contributed by atoms with Crippen LogP contribution in [0.4, 0.5) is 0 Å². The van der Waals surface area contributed by atoms with Crippen LogP contribution in [0.15, 0.2) is 30.3 Å². The number of aliphatic hydroxyl groups excluding tert-OH is 1. The number of hydrogen-bond acceptors (Lipinski definition) is 6. The number of ether oxygens (including phenoxy) is 2. The fourth-order valence-electron chi connectivity index (χ4n) is 1.54. The lowest BCUT2D eigenvalue weighted by atomic mass is 10.2. The average molecular weight is 298 g/mol. The van der Waals surface area contributed by atoms with Crippen molar-refractivity contribution in [1.82, 2.24) is 0 Å². The van der Waals surface area contributed by atoms with Crippen molar-refractivity contribution in [3.8, 4) is 0 Å². The quantitative estimate of drug-likeness (QED) is 0.769. The van der Waals surface area contributed by atoms with Gasteiger partial charge in [-0.2, -0.15) is 0 Å². The summed E-state index contributed by atoms with van der Waals surface area (Å²) >= 11 is 1.16. The van der Waals surface area contributed by atoms with Gasteiger partial charge in [-0.3, -0.25) is 4.79 Å². The summed E-state index contributed by atoms with van der Waals surface area (Å²) in [4.78, 5) is 23.3. The lowest BCUT2D eigenvalue weighted by molar-refractivity contribution is -0.145. The van der Waals surface area contributed by atoms with Crippen molar-refractivity contribution in [1.29, 1.82) is 0 Å². The van der Waals surface area contributed by atoms with Gasteiger partial charge in [0, 0.05) is 0 Å². The van der Waals surface area contributed by atoms with Crippen LogP contribution in [-0.4, -0.2) is 47.9 Å². The fraction of sp³-hybridized carbons (Fsp3) is 0.429. The molecular weight excluding hydrogens is 280 g/mol. The van der Waals surface area contributed by atoms with Crippen LogP contribution in [0.3, 0.4) is 0 Å². The van der Waals surface area contributed by atoms with Gasteiger partial charge in [0.25, 0.3) is 0 Å².